The molecule has 112 valence electrons. The Morgan fingerprint density at radius 1 is 0.909 bits per heavy atom. The highest BCUT2D eigenvalue weighted by Gasteiger charge is 2.32. The average Bonchev–Trinajstić information content (AvgIpc) is 2.45. The van der Waals surface area contributed by atoms with Gasteiger partial charge in [0.05, 0.1) is 22.6 Å². The second-order valence-corrected chi connectivity index (χ2v) is 5.15. The molecule has 0 aliphatic heterocycles. The zero-order chi connectivity index (χ0) is 15.9. The summed E-state index contributed by atoms with van der Waals surface area (Å²) >= 11 is 0. The number of halogens is 3. The molecule has 3 aromatic rings. The first kappa shape index (κ1) is 14.5. The van der Waals surface area contributed by atoms with Crippen molar-refractivity contribution in [3.05, 3.63) is 59.5 Å². The molecule has 22 heavy (non-hydrogen) atoms. The van der Waals surface area contributed by atoms with Crippen molar-refractivity contribution in [2.75, 3.05) is 0 Å². The van der Waals surface area contributed by atoms with E-state index < -0.39 is 11.7 Å². The molecule has 0 amide bonds. The van der Waals surface area contributed by atoms with Crippen LogP contribution in [-0.4, -0.2) is 9.97 Å². The van der Waals surface area contributed by atoms with Crippen LogP contribution in [-0.2, 0) is 6.18 Å². The van der Waals surface area contributed by atoms with Gasteiger partial charge in [0, 0.05) is 11.8 Å². The lowest BCUT2D eigenvalue weighted by Gasteiger charge is -2.14. The minimum Gasteiger partial charge on any atom is -0.255 e. The Bertz CT molecular complexity index is 854. The number of hydrogen-bond donors (Lipinski definition) is 0. The third kappa shape index (κ3) is 2.43. The monoisotopic (exact) mass is 302 g/mol. The second kappa shape index (κ2) is 5.09. The van der Waals surface area contributed by atoms with Crippen LogP contribution in [0.3, 0.4) is 0 Å². The van der Waals surface area contributed by atoms with Crippen molar-refractivity contribution >= 4 is 10.8 Å². The molecule has 0 fully saturated rings. The van der Waals surface area contributed by atoms with Crippen LogP contribution in [0.25, 0.3) is 22.0 Å². The van der Waals surface area contributed by atoms with Crippen molar-refractivity contribution < 1.29 is 13.2 Å². The topological polar surface area (TPSA) is 25.8 Å². The number of rotatable bonds is 1. The van der Waals surface area contributed by atoms with E-state index in [0.717, 1.165) is 11.8 Å². The Balaban J connectivity index is 2.33. The summed E-state index contributed by atoms with van der Waals surface area (Å²) in [5, 5.41) is 0.702. The van der Waals surface area contributed by atoms with E-state index in [1.807, 2.05) is 13.8 Å². The molecule has 0 aliphatic carbocycles. The molecule has 1 aromatic heterocycles. The van der Waals surface area contributed by atoms with Gasteiger partial charge in [0.15, 0.2) is 0 Å². The predicted octanol–water partition coefficient (Wildman–Crippen LogP) is 4.93. The molecular weight excluding hydrogens is 289 g/mol. The molecule has 0 bridgehead atoms. The minimum atomic E-state index is -4.38. The zero-order valence-electron chi connectivity index (χ0n) is 12.1. The Hall–Kier alpha value is -2.43. The lowest BCUT2D eigenvalue weighted by atomic mass is 9.96. The summed E-state index contributed by atoms with van der Waals surface area (Å²) in [6, 6.07) is 9.08. The molecule has 0 atom stereocenters. The molecule has 3 rings (SSSR count). The molecule has 0 radical (unpaired) electrons. The summed E-state index contributed by atoms with van der Waals surface area (Å²) in [5.74, 6) is 0. The van der Waals surface area contributed by atoms with Gasteiger partial charge in [-0.25, -0.2) is 0 Å². The van der Waals surface area contributed by atoms with Crippen LogP contribution in [0.15, 0.2) is 42.6 Å². The molecule has 0 saturated carbocycles. The van der Waals surface area contributed by atoms with Crippen LogP contribution in [0.5, 0.6) is 0 Å². The van der Waals surface area contributed by atoms with E-state index in [0.29, 0.717) is 22.3 Å². The van der Waals surface area contributed by atoms with Gasteiger partial charge in [-0.15, -0.1) is 0 Å². The maximum absolute atomic E-state index is 13.2. The van der Waals surface area contributed by atoms with Crippen molar-refractivity contribution in [1.82, 2.24) is 9.97 Å². The first-order valence-electron chi connectivity index (χ1n) is 6.77. The fraction of sp³-hybridized carbons (Fsp3) is 0.176. The van der Waals surface area contributed by atoms with E-state index >= 15 is 0 Å². The van der Waals surface area contributed by atoms with Gasteiger partial charge in [-0.1, -0.05) is 30.3 Å². The quantitative estimate of drug-likeness (QED) is 0.637. The average molecular weight is 302 g/mol. The van der Waals surface area contributed by atoms with Gasteiger partial charge in [-0.3, -0.25) is 9.97 Å². The van der Waals surface area contributed by atoms with Gasteiger partial charge in [-0.2, -0.15) is 13.2 Å². The Morgan fingerprint density at radius 3 is 2.23 bits per heavy atom. The summed E-state index contributed by atoms with van der Waals surface area (Å²) in [7, 11) is 0. The third-order valence-electron chi connectivity index (χ3n) is 3.55. The Kier molecular flexibility index (Phi) is 3.35. The maximum Gasteiger partial charge on any atom is 0.417 e. The molecule has 0 saturated heterocycles. The maximum atomic E-state index is 13.2. The molecular formula is C17H13F3N2. The number of fused-ring (bicyclic) bond motifs is 1. The Morgan fingerprint density at radius 2 is 1.59 bits per heavy atom. The van der Waals surface area contributed by atoms with Gasteiger partial charge in [0.25, 0.3) is 0 Å². The van der Waals surface area contributed by atoms with Crippen LogP contribution < -0.4 is 0 Å². The lowest BCUT2D eigenvalue weighted by molar-refractivity contribution is -0.136. The van der Waals surface area contributed by atoms with Crippen LogP contribution in [0.4, 0.5) is 13.2 Å². The largest absolute Gasteiger partial charge is 0.417 e. The summed E-state index contributed by atoms with van der Waals surface area (Å²) in [5.41, 5.74) is 2.11. The van der Waals surface area contributed by atoms with Crippen molar-refractivity contribution in [2.24, 2.45) is 0 Å². The number of benzene rings is 2. The zero-order valence-corrected chi connectivity index (χ0v) is 12.1. The summed E-state index contributed by atoms with van der Waals surface area (Å²) < 4.78 is 39.5. The highest BCUT2D eigenvalue weighted by atomic mass is 19.4. The summed E-state index contributed by atoms with van der Waals surface area (Å²) in [6.45, 7) is 3.64. The fourth-order valence-electron chi connectivity index (χ4n) is 2.61. The van der Waals surface area contributed by atoms with Crippen LogP contribution in [0, 0.1) is 13.8 Å². The minimum absolute atomic E-state index is 0.175. The van der Waals surface area contributed by atoms with Crippen LogP contribution in [0.1, 0.15) is 17.0 Å². The fourth-order valence-corrected chi connectivity index (χ4v) is 2.61. The summed E-state index contributed by atoms with van der Waals surface area (Å²) in [4.78, 5) is 8.69. The summed E-state index contributed by atoms with van der Waals surface area (Å²) in [6.07, 6.45) is -2.76. The molecule has 0 aliphatic rings. The smallest absolute Gasteiger partial charge is 0.255 e. The predicted molar refractivity (Wildman–Crippen MR) is 79.5 cm³/mol. The number of aromatic nitrogens is 2. The highest BCUT2D eigenvalue weighted by Crippen LogP contribution is 2.38. The molecule has 2 aromatic carbocycles. The van der Waals surface area contributed by atoms with Gasteiger partial charge in [-0.05, 0) is 30.7 Å². The van der Waals surface area contributed by atoms with Gasteiger partial charge >= 0.3 is 6.18 Å². The SMILES string of the molecule is Cc1cnc(-c2ccc(C(F)(F)F)c3ccccc23)c(C)n1. The second-order valence-electron chi connectivity index (χ2n) is 5.15. The standard InChI is InChI=1S/C17H13F3N2/c1-10-9-21-16(11(2)22-10)14-7-8-15(17(18,19)20)13-6-4-3-5-12(13)14/h3-9H,1-2H3. The first-order valence-corrected chi connectivity index (χ1v) is 6.77. The van der Waals surface area contributed by atoms with E-state index in [-0.39, 0.29) is 5.39 Å². The van der Waals surface area contributed by atoms with E-state index in [4.69, 9.17) is 0 Å². The Labute approximate surface area is 125 Å². The van der Waals surface area contributed by atoms with Crippen LogP contribution >= 0.6 is 0 Å². The van der Waals surface area contributed by atoms with E-state index in [1.165, 1.54) is 12.1 Å². The lowest BCUT2D eigenvalue weighted by Crippen LogP contribution is -2.06. The van der Waals surface area contributed by atoms with E-state index in [1.54, 1.807) is 24.4 Å². The number of aryl methyl sites for hydroxylation is 2. The normalized spacial score (nSPS) is 11.9. The van der Waals surface area contributed by atoms with Gasteiger partial charge < -0.3 is 0 Å². The van der Waals surface area contributed by atoms with Crippen molar-refractivity contribution in [1.29, 1.82) is 0 Å². The third-order valence-corrected chi connectivity index (χ3v) is 3.55. The molecule has 1 heterocycles. The van der Waals surface area contributed by atoms with Crippen molar-refractivity contribution in [3.8, 4) is 11.3 Å². The first-order chi connectivity index (χ1) is 10.4. The van der Waals surface area contributed by atoms with Crippen LogP contribution in [0.2, 0.25) is 0 Å². The molecule has 5 heteroatoms. The van der Waals surface area contributed by atoms with E-state index in [2.05, 4.69) is 9.97 Å². The van der Waals surface area contributed by atoms with Gasteiger partial charge in [0.1, 0.15) is 0 Å². The van der Waals surface area contributed by atoms with Crippen molar-refractivity contribution in [3.63, 3.8) is 0 Å². The highest BCUT2D eigenvalue weighted by molar-refractivity contribution is 5.98. The molecule has 0 N–H and O–H groups in total. The molecule has 0 spiro atoms. The number of hydrogen-bond acceptors (Lipinski definition) is 2. The molecule has 0 unspecified atom stereocenters. The molecule has 2 nitrogen and oxygen atoms in total. The number of nitrogens with zero attached hydrogens (tertiary/aromatic N) is 2. The van der Waals surface area contributed by atoms with Gasteiger partial charge in [0.2, 0.25) is 0 Å². The number of alkyl halides is 3. The van der Waals surface area contributed by atoms with Crippen molar-refractivity contribution in [2.45, 2.75) is 20.0 Å². The van der Waals surface area contributed by atoms with E-state index in [9.17, 15) is 13.2 Å².